The molecule has 1 aromatic heterocycles. The summed E-state index contributed by atoms with van der Waals surface area (Å²) in [7, 11) is -0.448. The first kappa shape index (κ1) is 17.4. The molecule has 0 amide bonds. The molecule has 2 aromatic rings. The van der Waals surface area contributed by atoms with E-state index in [1.54, 1.807) is 41.2 Å². The van der Waals surface area contributed by atoms with E-state index in [2.05, 4.69) is 0 Å². The van der Waals surface area contributed by atoms with E-state index < -0.39 is 10.0 Å². The highest BCUT2D eigenvalue weighted by Crippen LogP contribution is 2.23. The smallest absolute Gasteiger partial charge is 0.242 e. The molecule has 0 radical (unpaired) electrons. The SMILES string of the molecule is CN(C)S(=O)(=O)c1ccc(-c2ccn(C/C(F)=C/CN)c2)cc1. The number of benzene rings is 1. The summed E-state index contributed by atoms with van der Waals surface area (Å²) in [6.07, 6.45) is 4.91. The van der Waals surface area contributed by atoms with Crippen LogP contribution in [0.3, 0.4) is 0 Å². The molecule has 0 aliphatic heterocycles. The zero-order chi connectivity index (χ0) is 17.0. The van der Waals surface area contributed by atoms with Crippen molar-refractivity contribution < 1.29 is 12.8 Å². The fraction of sp³-hybridized carbons (Fsp3) is 0.250. The van der Waals surface area contributed by atoms with Crippen molar-refractivity contribution in [3.05, 3.63) is 54.6 Å². The minimum Gasteiger partial charge on any atom is -0.347 e. The van der Waals surface area contributed by atoms with Crippen LogP contribution in [0, 0.1) is 0 Å². The third kappa shape index (κ3) is 4.07. The molecule has 124 valence electrons. The number of allylic oxidation sites excluding steroid dienone is 1. The van der Waals surface area contributed by atoms with Gasteiger partial charge >= 0.3 is 0 Å². The van der Waals surface area contributed by atoms with E-state index in [0.717, 1.165) is 11.1 Å². The van der Waals surface area contributed by atoms with E-state index in [4.69, 9.17) is 5.73 Å². The van der Waals surface area contributed by atoms with Crippen LogP contribution in [0.1, 0.15) is 0 Å². The van der Waals surface area contributed by atoms with Gasteiger partial charge in [0.2, 0.25) is 10.0 Å². The molecule has 0 atom stereocenters. The molecule has 0 fully saturated rings. The van der Waals surface area contributed by atoms with Crippen molar-refractivity contribution in [1.82, 2.24) is 8.87 Å². The number of hydrogen-bond donors (Lipinski definition) is 1. The maximum atomic E-state index is 13.4. The number of rotatable bonds is 6. The fourth-order valence-electron chi connectivity index (χ4n) is 2.11. The highest BCUT2D eigenvalue weighted by molar-refractivity contribution is 7.89. The number of hydrogen-bond acceptors (Lipinski definition) is 3. The summed E-state index contributed by atoms with van der Waals surface area (Å²) in [5, 5.41) is 0. The average molecular weight is 337 g/mol. The molecular weight excluding hydrogens is 317 g/mol. The summed E-state index contributed by atoms with van der Waals surface area (Å²) in [6, 6.07) is 8.46. The summed E-state index contributed by atoms with van der Waals surface area (Å²) < 4.78 is 40.4. The molecule has 0 saturated heterocycles. The van der Waals surface area contributed by atoms with Crippen molar-refractivity contribution in [3.8, 4) is 11.1 Å². The lowest BCUT2D eigenvalue weighted by Gasteiger charge is -2.11. The lowest BCUT2D eigenvalue weighted by Crippen LogP contribution is -2.22. The Kier molecular flexibility index (Phi) is 5.35. The second-order valence-electron chi connectivity index (χ2n) is 5.27. The molecule has 0 unspecified atom stereocenters. The van der Waals surface area contributed by atoms with Gasteiger partial charge in [-0.3, -0.25) is 0 Å². The lowest BCUT2D eigenvalue weighted by atomic mass is 10.1. The van der Waals surface area contributed by atoms with Crippen molar-refractivity contribution in [2.45, 2.75) is 11.4 Å². The Hall–Kier alpha value is -1.96. The van der Waals surface area contributed by atoms with Gasteiger partial charge in [0.25, 0.3) is 0 Å². The van der Waals surface area contributed by atoms with E-state index in [1.807, 2.05) is 6.07 Å². The van der Waals surface area contributed by atoms with Gasteiger partial charge in [-0.1, -0.05) is 12.1 Å². The Balaban J connectivity index is 2.21. The number of sulfonamides is 1. The highest BCUT2D eigenvalue weighted by atomic mass is 32.2. The van der Waals surface area contributed by atoms with Crippen molar-refractivity contribution in [2.24, 2.45) is 5.73 Å². The lowest BCUT2D eigenvalue weighted by molar-refractivity contribution is 0.521. The number of nitrogens with two attached hydrogens (primary N) is 1. The predicted molar refractivity (Wildman–Crippen MR) is 89.0 cm³/mol. The summed E-state index contributed by atoms with van der Waals surface area (Å²) >= 11 is 0. The monoisotopic (exact) mass is 337 g/mol. The number of nitrogens with zero attached hydrogens (tertiary/aromatic N) is 2. The van der Waals surface area contributed by atoms with Crippen LogP contribution in [0.2, 0.25) is 0 Å². The van der Waals surface area contributed by atoms with Gasteiger partial charge in [0, 0.05) is 33.0 Å². The maximum Gasteiger partial charge on any atom is 0.242 e. The van der Waals surface area contributed by atoms with E-state index >= 15 is 0 Å². The Morgan fingerprint density at radius 3 is 2.43 bits per heavy atom. The zero-order valence-corrected chi connectivity index (χ0v) is 13.9. The van der Waals surface area contributed by atoms with Gasteiger partial charge in [-0.15, -0.1) is 0 Å². The van der Waals surface area contributed by atoms with Gasteiger partial charge in [0.1, 0.15) is 5.83 Å². The van der Waals surface area contributed by atoms with Gasteiger partial charge in [0.05, 0.1) is 11.4 Å². The summed E-state index contributed by atoms with van der Waals surface area (Å²) in [5.74, 6) is -0.290. The fourth-order valence-corrected chi connectivity index (χ4v) is 3.01. The van der Waals surface area contributed by atoms with Gasteiger partial charge < -0.3 is 10.3 Å². The van der Waals surface area contributed by atoms with E-state index in [0.29, 0.717) is 0 Å². The second-order valence-corrected chi connectivity index (χ2v) is 7.42. The molecule has 0 spiro atoms. The first-order valence-corrected chi connectivity index (χ1v) is 8.52. The van der Waals surface area contributed by atoms with E-state index in [-0.39, 0.29) is 23.8 Å². The van der Waals surface area contributed by atoms with E-state index in [9.17, 15) is 12.8 Å². The van der Waals surface area contributed by atoms with Crippen LogP contribution in [-0.2, 0) is 16.6 Å². The molecule has 0 aliphatic carbocycles. The molecule has 0 bridgehead atoms. The maximum absolute atomic E-state index is 13.4. The van der Waals surface area contributed by atoms with Gasteiger partial charge in [-0.2, -0.15) is 0 Å². The summed E-state index contributed by atoms with van der Waals surface area (Å²) in [5.41, 5.74) is 7.03. The standard InChI is InChI=1S/C16H20FN3O2S/c1-19(2)23(21,22)16-5-3-13(4-6-16)14-8-10-20(11-14)12-15(17)7-9-18/h3-8,10-11H,9,12,18H2,1-2H3/b15-7-. The zero-order valence-electron chi connectivity index (χ0n) is 13.1. The average Bonchev–Trinajstić information content (AvgIpc) is 2.96. The Morgan fingerprint density at radius 2 is 1.87 bits per heavy atom. The topological polar surface area (TPSA) is 68.3 Å². The van der Waals surface area contributed by atoms with Crippen molar-refractivity contribution >= 4 is 10.0 Å². The Labute approximate surface area is 135 Å². The van der Waals surface area contributed by atoms with Gasteiger partial charge in [-0.05, 0) is 35.4 Å². The summed E-state index contributed by atoms with van der Waals surface area (Å²) in [4.78, 5) is 0.239. The molecule has 2 rings (SSSR count). The Morgan fingerprint density at radius 1 is 1.22 bits per heavy atom. The quantitative estimate of drug-likeness (QED) is 0.879. The largest absolute Gasteiger partial charge is 0.347 e. The molecule has 7 heteroatoms. The third-order valence-corrected chi connectivity index (χ3v) is 5.22. The third-order valence-electron chi connectivity index (χ3n) is 3.39. The second kappa shape index (κ2) is 7.08. The van der Waals surface area contributed by atoms with Crippen LogP contribution >= 0.6 is 0 Å². The molecular formula is C16H20FN3O2S. The van der Waals surface area contributed by atoms with Crippen LogP contribution in [0.25, 0.3) is 11.1 Å². The van der Waals surface area contributed by atoms with Crippen molar-refractivity contribution in [1.29, 1.82) is 0 Å². The molecule has 0 saturated carbocycles. The van der Waals surface area contributed by atoms with Gasteiger partial charge in [-0.25, -0.2) is 17.1 Å². The first-order chi connectivity index (χ1) is 10.8. The van der Waals surface area contributed by atoms with Crippen LogP contribution in [0.4, 0.5) is 4.39 Å². The molecule has 1 heterocycles. The summed E-state index contributed by atoms with van der Waals surface area (Å²) in [6.45, 7) is 0.298. The van der Waals surface area contributed by atoms with Gasteiger partial charge in [0.15, 0.2) is 0 Å². The van der Waals surface area contributed by atoms with Crippen LogP contribution < -0.4 is 5.73 Å². The molecule has 5 nitrogen and oxygen atoms in total. The first-order valence-electron chi connectivity index (χ1n) is 7.08. The number of aromatic nitrogens is 1. The van der Waals surface area contributed by atoms with Crippen LogP contribution in [-0.4, -0.2) is 37.9 Å². The minimum atomic E-state index is -3.43. The Bertz CT molecular complexity index is 793. The highest BCUT2D eigenvalue weighted by Gasteiger charge is 2.16. The minimum absolute atomic E-state index is 0.129. The molecule has 2 N–H and O–H groups in total. The van der Waals surface area contributed by atoms with Crippen molar-refractivity contribution in [3.63, 3.8) is 0 Å². The van der Waals surface area contributed by atoms with Crippen molar-refractivity contribution in [2.75, 3.05) is 20.6 Å². The van der Waals surface area contributed by atoms with E-state index in [1.165, 1.54) is 24.5 Å². The predicted octanol–water partition coefficient (Wildman–Crippen LogP) is 2.22. The van der Waals surface area contributed by atoms with Crippen LogP contribution in [0.15, 0.2) is 59.5 Å². The molecule has 0 aliphatic rings. The normalized spacial score (nSPS) is 12.8. The van der Waals surface area contributed by atoms with Crippen LogP contribution in [0.5, 0.6) is 0 Å². The number of halogens is 1. The molecule has 1 aromatic carbocycles. The molecule has 23 heavy (non-hydrogen) atoms.